The summed E-state index contributed by atoms with van der Waals surface area (Å²) in [5, 5.41) is 7.63. The predicted octanol–water partition coefficient (Wildman–Crippen LogP) is 5.20. The lowest BCUT2D eigenvalue weighted by atomic mass is 10.1. The first-order valence-electron chi connectivity index (χ1n) is 9.05. The summed E-state index contributed by atoms with van der Waals surface area (Å²) in [6.07, 6.45) is 1.72. The summed E-state index contributed by atoms with van der Waals surface area (Å²) < 4.78 is 7.71. The van der Waals surface area contributed by atoms with E-state index in [0.29, 0.717) is 12.4 Å². The lowest BCUT2D eigenvalue weighted by Gasteiger charge is -2.10. The van der Waals surface area contributed by atoms with Crippen molar-refractivity contribution in [3.8, 4) is 17.1 Å². The van der Waals surface area contributed by atoms with Gasteiger partial charge in [0.25, 0.3) is 0 Å². The van der Waals surface area contributed by atoms with Gasteiger partial charge in [0.1, 0.15) is 23.5 Å². The number of rotatable bonds is 4. The molecule has 28 heavy (non-hydrogen) atoms. The van der Waals surface area contributed by atoms with Crippen LogP contribution in [0.3, 0.4) is 0 Å². The van der Waals surface area contributed by atoms with Crippen LogP contribution in [0.1, 0.15) is 16.7 Å². The zero-order valence-electron chi connectivity index (χ0n) is 15.6. The maximum absolute atomic E-state index is 5.97. The van der Waals surface area contributed by atoms with Crippen molar-refractivity contribution < 1.29 is 4.74 Å². The van der Waals surface area contributed by atoms with Gasteiger partial charge in [-0.3, -0.25) is 0 Å². The molecule has 0 aliphatic rings. The molecule has 5 aromatic rings. The fourth-order valence-corrected chi connectivity index (χ4v) is 3.99. The highest BCUT2D eigenvalue weighted by Crippen LogP contribution is 2.25. The van der Waals surface area contributed by atoms with E-state index in [1.165, 1.54) is 5.56 Å². The fourth-order valence-electron chi connectivity index (χ4n) is 3.26. The fraction of sp³-hybridized carbons (Fsp3) is 0.136. The third-order valence-electron chi connectivity index (χ3n) is 4.74. The van der Waals surface area contributed by atoms with Crippen LogP contribution in [0.5, 0.6) is 5.75 Å². The molecule has 0 amide bonds. The van der Waals surface area contributed by atoms with Crippen LogP contribution in [0, 0.1) is 13.8 Å². The van der Waals surface area contributed by atoms with E-state index in [1.807, 2.05) is 29.6 Å². The van der Waals surface area contributed by atoms with Crippen LogP contribution in [0.4, 0.5) is 0 Å². The standard InChI is InChI=1S/C22H18N4OS/c1-14-3-8-19(15(2)11-14)27-12-16-4-6-17(7-5-16)20-24-21-18-9-10-28-22(18)23-13-26(21)25-20/h3-11,13H,12H2,1-2H3. The number of aryl methyl sites for hydroxylation is 2. The summed E-state index contributed by atoms with van der Waals surface area (Å²) in [4.78, 5) is 10.1. The molecule has 5 rings (SSSR count). The van der Waals surface area contributed by atoms with E-state index >= 15 is 0 Å². The molecule has 0 saturated carbocycles. The van der Waals surface area contributed by atoms with Gasteiger partial charge in [-0.1, -0.05) is 42.0 Å². The number of ether oxygens (including phenoxy) is 1. The molecule has 3 aromatic heterocycles. The number of hydrogen-bond acceptors (Lipinski definition) is 5. The van der Waals surface area contributed by atoms with E-state index in [-0.39, 0.29) is 0 Å². The SMILES string of the molecule is Cc1ccc(OCc2ccc(-c3nc4c5ccsc5ncn4n3)cc2)c(C)c1. The van der Waals surface area contributed by atoms with Gasteiger partial charge in [-0.25, -0.2) is 14.5 Å². The lowest BCUT2D eigenvalue weighted by molar-refractivity contribution is 0.304. The average molecular weight is 386 g/mol. The average Bonchev–Trinajstić information content (AvgIpc) is 3.34. The number of benzene rings is 2. The van der Waals surface area contributed by atoms with E-state index in [2.05, 4.69) is 48.2 Å². The summed E-state index contributed by atoms with van der Waals surface area (Å²) >= 11 is 1.61. The van der Waals surface area contributed by atoms with Crippen molar-refractivity contribution in [1.29, 1.82) is 0 Å². The van der Waals surface area contributed by atoms with E-state index in [0.717, 1.165) is 38.3 Å². The maximum atomic E-state index is 5.97. The monoisotopic (exact) mass is 386 g/mol. The minimum absolute atomic E-state index is 0.530. The Balaban J connectivity index is 1.38. The Bertz CT molecular complexity index is 1290. The molecular formula is C22H18N4OS. The molecule has 0 atom stereocenters. The van der Waals surface area contributed by atoms with Gasteiger partial charge in [-0.05, 0) is 42.5 Å². The Hall–Kier alpha value is -3.25. The van der Waals surface area contributed by atoms with Crippen LogP contribution in [0.2, 0.25) is 0 Å². The molecule has 0 bridgehead atoms. The number of hydrogen-bond donors (Lipinski definition) is 0. The highest BCUT2D eigenvalue weighted by molar-refractivity contribution is 7.16. The van der Waals surface area contributed by atoms with Crippen molar-refractivity contribution in [2.75, 3.05) is 0 Å². The van der Waals surface area contributed by atoms with Gasteiger partial charge < -0.3 is 4.74 Å². The van der Waals surface area contributed by atoms with Crippen molar-refractivity contribution in [3.63, 3.8) is 0 Å². The van der Waals surface area contributed by atoms with E-state index in [1.54, 1.807) is 22.2 Å². The van der Waals surface area contributed by atoms with Crippen LogP contribution in [-0.2, 0) is 6.61 Å². The van der Waals surface area contributed by atoms with E-state index < -0.39 is 0 Å². The predicted molar refractivity (Wildman–Crippen MR) is 112 cm³/mol. The van der Waals surface area contributed by atoms with Gasteiger partial charge in [0, 0.05) is 5.56 Å². The number of nitrogens with zero attached hydrogens (tertiary/aromatic N) is 4. The van der Waals surface area contributed by atoms with Gasteiger partial charge in [0.2, 0.25) is 0 Å². The number of thiophene rings is 1. The lowest BCUT2D eigenvalue weighted by Crippen LogP contribution is -1.97. The topological polar surface area (TPSA) is 52.3 Å². The molecule has 2 aromatic carbocycles. The molecule has 0 saturated heterocycles. The van der Waals surface area contributed by atoms with Crippen molar-refractivity contribution in [1.82, 2.24) is 19.6 Å². The molecule has 0 aliphatic heterocycles. The highest BCUT2D eigenvalue weighted by Gasteiger charge is 2.11. The third-order valence-corrected chi connectivity index (χ3v) is 5.56. The van der Waals surface area contributed by atoms with Gasteiger partial charge >= 0.3 is 0 Å². The zero-order valence-corrected chi connectivity index (χ0v) is 16.4. The van der Waals surface area contributed by atoms with Crippen LogP contribution in [0.25, 0.3) is 27.3 Å². The quantitative estimate of drug-likeness (QED) is 0.426. The molecule has 0 aliphatic carbocycles. The van der Waals surface area contributed by atoms with Crippen molar-refractivity contribution >= 4 is 27.2 Å². The minimum Gasteiger partial charge on any atom is -0.489 e. The molecule has 0 N–H and O–H groups in total. The van der Waals surface area contributed by atoms with Crippen LogP contribution < -0.4 is 4.74 Å². The minimum atomic E-state index is 0.530. The summed E-state index contributed by atoms with van der Waals surface area (Å²) in [6.45, 7) is 4.68. The first kappa shape index (κ1) is 16.9. The van der Waals surface area contributed by atoms with Gasteiger partial charge in [-0.15, -0.1) is 16.4 Å². The largest absolute Gasteiger partial charge is 0.489 e. The van der Waals surface area contributed by atoms with Crippen molar-refractivity contribution in [2.45, 2.75) is 20.5 Å². The van der Waals surface area contributed by atoms with Crippen LogP contribution in [-0.4, -0.2) is 19.6 Å². The van der Waals surface area contributed by atoms with Crippen molar-refractivity contribution in [3.05, 3.63) is 76.9 Å². The Labute approximate surface area is 166 Å². The molecule has 0 radical (unpaired) electrons. The number of aromatic nitrogens is 4. The molecule has 0 spiro atoms. The van der Waals surface area contributed by atoms with Gasteiger partial charge in [-0.2, -0.15) is 0 Å². The molecule has 138 valence electrons. The molecule has 0 fully saturated rings. The third kappa shape index (κ3) is 3.01. The smallest absolute Gasteiger partial charge is 0.182 e. The van der Waals surface area contributed by atoms with E-state index in [9.17, 15) is 0 Å². The summed E-state index contributed by atoms with van der Waals surface area (Å²) in [5.41, 5.74) is 5.31. The Morgan fingerprint density at radius 2 is 1.89 bits per heavy atom. The van der Waals surface area contributed by atoms with Gasteiger partial charge in [0.05, 0.1) is 5.39 Å². The second-order valence-electron chi connectivity index (χ2n) is 6.84. The molecule has 0 unspecified atom stereocenters. The van der Waals surface area contributed by atoms with Gasteiger partial charge in [0.15, 0.2) is 11.5 Å². The summed E-state index contributed by atoms with van der Waals surface area (Å²) in [6, 6.07) is 16.5. The second-order valence-corrected chi connectivity index (χ2v) is 7.74. The zero-order chi connectivity index (χ0) is 19.1. The second kappa shape index (κ2) is 6.73. The first-order valence-corrected chi connectivity index (χ1v) is 9.93. The first-order chi connectivity index (χ1) is 13.7. The number of fused-ring (bicyclic) bond motifs is 3. The Morgan fingerprint density at radius 1 is 1.04 bits per heavy atom. The maximum Gasteiger partial charge on any atom is 0.182 e. The summed E-state index contributed by atoms with van der Waals surface area (Å²) in [7, 11) is 0. The molecule has 6 heteroatoms. The summed E-state index contributed by atoms with van der Waals surface area (Å²) in [5.74, 6) is 1.62. The van der Waals surface area contributed by atoms with Crippen LogP contribution in [0.15, 0.2) is 60.2 Å². The normalized spacial score (nSPS) is 11.4. The van der Waals surface area contributed by atoms with Crippen LogP contribution >= 0.6 is 11.3 Å². The Morgan fingerprint density at radius 3 is 2.71 bits per heavy atom. The Kier molecular flexibility index (Phi) is 4.06. The van der Waals surface area contributed by atoms with Crippen molar-refractivity contribution in [2.24, 2.45) is 0 Å². The highest BCUT2D eigenvalue weighted by atomic mass is 32.1. The molecular weight excluding hydrogens is 368 g/mol. The van der Waals surface area contributed by atoms with E-state index in [4.69, 9.17) is 9.72 Å². The molecule has 5 nitrogen and oxygen atoms in total. The molecule has 3 heterocycles.